The van der Waals surface area contributed by atoms with E-state index >= 15 is 0 Å². The molecule has 1 aliphatic heterocycles. The number of rotatable bonds is 4. The van der Waals surface area contributed by atoms with Crippen LogP contribution in [0.5, 0.6) is 0 Å². The van der Waals surface area contributed by atoms with Crippen LogP contribution >= 0.6 is 0 Å². The normalized spacial score (nSPS) is 16.3. The smallest absolute Gasteiger partial charge is 0.306 e. The Morgan fingerprint density at radius 1 is 1.24 bits per heavy atom. The minimum atomic E-state index is -0.619. The average Bonchev–Trinajstić information content (AvgIpc) is 3.09. The molecule has 2 N–H and O–H groups in total. The summed E-state index contributed by atoms with van der Waals surface area (Å²) < 4.78 is 0. The van der Waals surface area contributed by atoms with Crippen molar-refractivity contribution < 1.29 is 19.5 Å². The van der Waals surface area contributed by atoms with E-state index < -0.39 is 5.97 Å². The summed E-state index contributed by atoms with van der Waals surface area (Å²) in [5.74, 6) is -0.659. The van der Waals surface area contributed by atoms with E-state index in [0.717, 1.165) is 60.7 Å². The lowest BCUT2D eigenvalue weighted by atomic mass is 9.86. The number of hydrogen-bond acceptors (Lipinski definition) is 3. The number of carboxylic acids is 1. The number of aromatic amines is 1. The van der Waals surface area contributed by atoms with Crippen molar-refractivity contribution in [2.24, 2.45) is 5.92 Å². The molecular formula is C22H27N3O4. The highest BCUT2D eigenvalue weighted by Crippen LogP contribution is 2.26. The summed E-state index contributed by atoms with van der Waals surface area (Å²) in [6, 6.07) is 7.96. The Labute approximate surface area is 170 Å². The summed E-state index contributed by atoms with van der Waals surface area (Å²) in [5.41, 5.74) is 3.76. The zero-order valence-electron chi connectivity index (χ0n) is 16.9. The van der Waals surface area contributed by atoms with Gasteiger partial charge in [0.05, 0.1) is 5.92 Å². The van der Waals surface area contributed by atoms with Crippen LogP contribution in [0.25, 0.3) is 16.5 Å². The maximum atomic E-state index is 12.0. The van der Waals surface area contributed by atoms with Gasteiger partial charge in [0.25, 0.3) is 5.91 Å². The summed E-state index contributed by atoms with van der Waals surface area (Å²) in [6.45, 7) is 1.42. The lowest BCUT2D eigenvalue weighted by Gasteiger charge is -2.23. The fourth-order valence-electron chi connectivity index (χ4n) is 3.40. The van der Waals surface area contributed by atoms with E-state index in [1.54, 1.807) is 23.9 Å². The lowest BCUT2D eigenvalue weighted by Crippen LogP contribution is -2.27. The third-order valence-electron chi connectivity index (χ3n) is 5.41. The van der Waals surface area contributed by atoms with Crippen LogP contribution in [-0.4, -0.2) is 65.4 Å². The molecule has 0 unspecified atom stereocenters. The third-order valence-corrected chi connectivity index (χ3v) is 5.41. The second-order valence-corrected chi connectivity index (χ2v) is 7.74. The van der Waals surface area contributed by atoms with E-state index in [2.05, 4.69) is 11.1 Å². The van der Waals surface area contributed by atoms with Gasteiger partial charge in [0.15, 0.2) is 0 Å². The molecule has 0 bridgehead atoms. The van der Waals surface area contributed by atoms with E-state index in [-0.39, 0.29) is 11.8 Å². The largest absolute Gasteiger partial charge is 0.481 e. The second-order valence-electron chi connectivity index (χ2n) is 7.74. The van der Waals surface area contributed by atoms with Gasteiger partial charge in [0, 0.05) is 38.1 Å². The number of carbonyl (C=O) groups excluding carboxylic acids is 2. The minimum absolute atomic E-state index is 0.000000000000000444. The maximum absolute atomic E-state index is 12.0. The first-order valence-electron chi connectivity index (χ1n) is 9.85. The van der Waals surface area contributed by atoms with Gasteiger partial charge in [-0.15, -0.1) is 0 Å². The Bertz CT molecular complexity index is 941. The molecule has 154 valence electrons. The molecular weight excluding hydrogens is 370 g/mol. The number of nitrogens with one attached hydrogen (secondary N) is 1. The van der Waals surface area contributed by atoms with Crippen molar-refractivity contribution in [2.75, 3.05) is 27.2 Å². The second kappa shape index (κ2) is 8.94. The summed E-state index contributed by atoms with van der Waals surface area (Å²) >= 11 is 0. The molecule has 1 aromatic heterocycles. The number of hydrogen-bond donors (Lipinski definition) is 2. The number of benzene rings is 1. The number of aromatic nitrogens is 1. The third kappa shape index (κ3) is 4.85. The highest BCUT2D eigenvalue weighted by Gasteiger charge is 2.23. The molecule has 0 radical (unpaired) electrons. The number of fused-ring (bicyclic) bond motifs is 1. The summed E-state index contributed by atoms with van der Waals surface area (Å²) in [5, 5.41) is 9.24. The van der Waals surface area contributed by atoms with Crippen LogP contribution in [-0.2, 0) is 9.59 Å². The van der Waals surface area contributed by atoms with Crippen molar-refractivity contribution in [2.45, 2.75) is 25.7 Å². The molecule has 0 atom stereocenters. The molecule has 2 heterocycles. The average molecular weight is 397 g/mol. The quantitative estimate of drug-likeness (QED) is 0.776. The van der Waals surface area contributed by atoms with Gasteiger partial charge in [-0.2, -0.15) is 0 Å². The molecule has 2 aliphatic rings. The van der Waals surface area contributed by atoms with Crippen LogP contribution in [0.15, 0.2) is 30.3 Å². The van der Waals surface area contributed by atoms with Crippen molar-refractivity contribution >= 4 is 34.8 Å². The zero-order valence-corrected chi connectivity index (χ0v) is 16.9. The van der Waals surface area contributed by atoms with Crippen molar-refractivity contribution in [1.29, 1.82) is 0 Å². The molecule has 7 nitrogen and oxygen atoms in total. The topological polar surface area (TPSA) is 93.7 Å². The number of H-pyrrole nitrogens is 1. The van der Waals surface area contributed by atoms with E-state index in [4.69, 9.17) is 5.11 Å². The fraction of sp³-hybridized carbons (Fsp3) is 0.409. The monoisotopic (exact) mass is 397 g/mol. The van der Waals surface area contributed by atoms with Crippen LogP contribution < -0.4 is 0 Å². The van der Waals surface area contributed by atoms with E-state index in [9.17, 15) is 14.4 Å². The lowest BCUT2D eigenvalue weighted by molar-refractivity contribution is -0.144. The molecule has 1 saturated carbocycles. The summed E-state index contributed by atoms with van der Waals surface area (Å²) in [6.07, 6.45) is 6.85. The molecule has 4 rings (SSSR count). The number of nitrogens with zero attached hydrogens (tertiary/aromatic N) is 2. The van der Waals surface area contributed by atoms with Crippen molar-refractivity contribution in [1.82, 2.24) is 14.8 Å². The Kier molecular flexibility index (Phi) is 6.36. The van der Waals surface area contributed by atoms with Gasteiger partial charge in [-0.1, -0.05) is 24.6 Å². The SMILES string of the molecule is CN(C)C(=O)c1cc2ccc(C3=CCCN(C=O)C3)cc2[nH]1.O=C(O)C1CCC1. The molecule has 2 aromatic rings. The van der Waals surface area contributed by atoms with Crippen molar-refractivity contribution in [3.05, 3.63) is 41.6 Å². The Morgan fingerprint density at radius 2 is 2.00 bits per heavy atom. The summed E-state index contributed by atoms with van der Waals surface area (Å²) in [4.78, 5) is 39.4. The van der Waals surface area contributed by atoms with Crippen LogP contribution in [0.2, 0.25) is 0 Å². The fourth-order valence-corrected chi connectivity index (χ4v) is 3.40. The highest BCUT2D eigenvalue weighted by atomic mass is 16.4. The molecule has 29 heavy (non-hydrogen) atoms. The van der Waals surface area contributed by atoms with Gasteiger partial charge in [0.2, 0.25) is 6.41 Å². The van der Waals surface area contributed by atoms with E-state index in [1.165, 1.54) is 0 Å². The van der Waals surface area contributed by atoms with Crippen LogP contribution in [0, 0.1) is 5.92 Å². The number of carbonyl (C=O) groups is 3. The highest BCUT2D eigenvalue weighted by molar-refractivity contribution is 5.98. The number of aliphatic carboxylic acids is 1. The Hall–Kier alpha value is -3.09. The number of carboxylic acid groups (broad SMARTS) is 1. The molecule has 2 amide bonds. The number of amides is 2. The van der Waals surface area contributed by atoms with Gasteiger partial charge >= 0.3 is 5.97 Å². The first-order chi connectivity index (χ1) is 13.9. The predicted molar refractivity (Wildman–Crippen MR) is 112 cm³/mol. The van der Waals surface area contributed by atoms with E-state index in [0.29, 0.717) is 12.2 Å². The molecule has 0 spiro atoms. The standard InChI is InChI=1S/C17H19N3O2.C5H8O2/c1-19(2)17(22)16-9-13-6-5-12(8-15(13)18-16)14-4-3-7-20(10-14)11-21;6-5(7)4-2-1-3-4/h4-6,8-9,11,18H,3,7,10H2,1-2H3;4H,1-3H2,(H,6,7). The Balaban J connectivity index is 0.000000290. The minimum Gasteiger partial charge on any atom is -0.481 e. The molecule has 0 saturated heterocycles. The molecule has 7 heteroatoms. The van der Waals surface area contributed by atoms with Gasteiger partial charge in [-0.25, -0.2) is 0 Å². The van der Waals surface area contributed by atoms with E-state index in [1.807, 2.05) is 24.3 Å². The predicted octanol–water partition coefficient (Wildman–Crippen LogP) is 2.99. The molecule has 1 fully saturated rings. The van der Waals surface area contributed by atoms with Gasteiger partial charge in [0.1, 0.15) is 5.69 Å². The maximum Gasteiger partial charge on any atom is 0.306 e. The van der Waals surface area contributed by atoms with Crippen LogP contribution in [0.3, 0.4) is 0 Å². The van der Waals surface area contributed by atoms with Gasteiger partial charge in [-0.3, -0.25) is 14.4 Å². The van der Waals surface area contributed by atoms with Crippen LogP contribution in [0.1, 0.15) is 41.7 Å². The molecule has 1 aromatic carbocycles. The first kappa shape index (κ1) is 20.6. The van der Waals surface area contributed by atoms with Crippen molar-refractivity contribution in [3.63, 3.8) is 0 Å². The van der Waals surface area contributed by atoms with Crippen molar-refractivity contribution in [3.8, 4) is 0 Å². The Morgan fingerprint density at radius 3 is 2.55 bits per heavy atom. The first-order valence-corrected chi connectivity index (χ1v) is 9.85. The van der Waals surface area contributed by atoms with Crippen LogP contribution in [0.4, 0.5) is 0 Å². The van der Waals surface area contributed by atoms with Gasteiger partial charge in [-0.05, 0) is 42.5 Å². The molecule has 1 aliphatic carbocycles. The summed E-state index contributed by atoms with van der Waals surface area (Å²) in [7, 11) is 3.47. The van der Waals surface area contributed by atoms with Gasteiger partial charge < -0.3 is 19.9 Å². The zero-order chi connectivity index (χ0) is 21.0.